The summed E-state index contributed by atoms with van der Waals surface area (Å²) in [7, 11) is 4.52. The fraction of sp³-hybridized carbons (Fsp3) is 1.00. The molecular formula is C16H35N3. The average Bonchev–Trinajstić information content (AvgIpc) is 2.38. The van der Waals surface area contributed by atoms with Gasteiger partial charge in [-0.3, -0.25) is 0 Å². The lowest BCUT2D eigenvalue weighted by molar-refractivity contribution is 0.149. The number of likely N-dealkylation sites (N-methyl/N-ethyl adjacent to an activating group) is 1. The number of hydrogen-bond acceptors (Lipinski definition) is 3. The predicted octanol–water partition coefficient (Wildman–Crippen LogP) is 2.43. The van der Waals surface area contributed by atoms with Crippen molar-refractivity contribution in [3.8, 4) is 0 Å². The highest BCUT2D eigenvalue weighted by atomic mass is 15.2. The van der Waals surface area contributed by atoms with Crippen LogP contribution >= 0.6 is 0 Å². The van der Waals surface area contributed by atoms with E-state index in [1.54, 1.807) is 0 Å². The maximum atomic E-state index is 3.68. The van der Waals surface area contributed by atoms with Crippen molar-refractivity contribution in [1.29, 1.82) is 0 Å². The molecule has 1 fully saturated rings. The molecule has 0 aromatic carbocycles. The summed E-state index contributed by atoms with van der Waals surface area (Å²) in [6.07, 6.45) is 3.90. The van der Waals surface area contributed by atoms with Crippen LogP contribution in [0.3, 0.4) is 0 Å². The molecule has 3 heteroatoms. The number of nitrogens with one attached hydrogen (secondary N) is 1. The Labute approximate surface area is 120 Å². The Bertz CT molecular complexity index is 244. The van der Waals surface area contributed by atoms with Gasteiger partial charge in [0.05, 0.1) is 0 Å². The number of hydrogen-bond donors (Lipinski definition) is 1. The molecule has 1 saturated heterocycles. The van der Waals surface area contributed by atoms with Gasteiger partial charge in [-0.1, -0.05) is 6.92 Å². The van der Waals surface area contributed by atoms with Gasteiger partial charge in [0.2, 0.25) is 0 Å². The lowest BCUT2D eigenvalue weighted by Crippen LogP contribution is -2.48. The molecule has 1 rings (SSSR count). The minimum absolute atomic E-state index is 0.267. The Balaban J connectivity index is 2.26. The highest BCUT2D eigenvalue weighted by molar-refractivity contribution is 4.80. The molecule has 0 aliphatic carbocycles. The molecule has 114 valence electrons. The van der Waals surface area contributed by atoms with Crippen LogP contribution in [0.5, 0.6) is 0 Å². The number of rotatable bonds is 7. The minimum atomic E-state index is 0.267. The third-order valence-electron chi connectivity index (χ3n) is 4.90. The van der Waals surface area contributed by atoms with Crippen LogP contribution in [-0.4, -0.2) is 61.7 Å². The van der Waals surface area contributed by atoms with E-state index < -0.39 is 0 Å². The maximum absolute atomic E-state index is 3.68. The van der Waals surface area contributed by atoms with Crippen molar-refractivity contribution in [1.82, 2.24) is 15.1 Å². The van der Waals surface area contributed by atoms with Gasteiger partial charge >= 0.3 is 0 Å². The Hall–Kier alpha value is -0.120. The monoisotopic (exact) mass is 269 g/mol. The van der Waals surface area contributed by atoms with E-state index in [1.807, 2.05) is 0 Å². The Morgan fingerprint density at radius 3 is 2.42 bits per heavy atom. The van der Waals surface area contributed by atoms with Crippen molar-refractivity contribution in [3.05, 3.63) is 0 Å². The quantitative estimate of drug-likeness (QED) is 0.766. The van der Waals surface area contributed by atoms with Crippen molar-refractivity contribution >= 4 is 0 Å². The van der Waals surface area contributed by atoms with Crippen molar-refractivity contribution in [2.24, 2.45) is 5.92 Å². The summed E-state index contributed by atoms with van der Waals surface area (Å²) in [5, 5.41) is 3.68. The SMILES string of the molecule is CCC(C)(C)NCC(C)N(C)CC1CCN(C)CC1. The van der Waals surface area contributed by atoms with Crippen LogP contribution in [0.2, 0.25) is 0 Å². The van der Waals surface area contributed by atoms with Crippen LogP contribution in [0.25, 0.3) is 0 Å². The van der Waals surface area contributed by atoms with Gasteiger partial charge in [-0.05, 0) is 73.1 Å². The molecule has 1 heterocycles. The zero-order valence-corrected chi connectivity index (χ0v) is 14.0. The van der Waals surface area contributed by atoms with Gasteiger partial charge in [0.25, 0.3) is 0 Å². The summed E-state index contributed by atoms with van der Waals surface area (Å²) in [4.78, 5) is 4.99. The fourth-order valence-corrected chi connectivity index (χ4v) is 2.54. The van der Waals surface area contributed by atoms with Crippen LogP contribution in [0.1, 0.15) is 47.0 Å². The Morgan fingerprint density at radius 2 is 1.89 bits per heavy atom. The first-order valence-corrected chi connectivity index (χ1v) is 7.98. The molecule has 0 radical (unpaired) electrons. The molecule has 0 spiro atoms. The minimum Gasteiger partial charge on any atom is -0.310 e. The second-order valence-corrected chi connectivity index (χ2v) is 7.15. The van der Waals surface area contributed by atoms with Gasteiger partial charge in [0.1, 0.15) is 0 Å². The van der Waals surface area contributed by atoms with E-state index in [9.17, 15) is 0 Å². The highest BCUT2D eigenvalue weighted by Gasteiger charge is 2.21. The third kappa shape index (κ3) is 6.24. The number of likely N-dealkylation sites (tertiary alicyclic amines) is 1. The second kappa shape index (κ2) is 7.61. The summed E-state index contributed by atoms with van der Waals surface area (Å²) >= 11 is 0. The van der Waals surface area contributed by atoms with E-state index in [2.05, 4.69) is 56.9 Å². The number of piperidine rings is 1. The van der Waals surface area contributed by atoms with Crippen LogP contribution in [0.4, 0.5) is 0 Å². The molecule has 1 unspecified atom stereocenters. The van der Waals surface area contributed by atoms with Crippen LogP contribution in [-0.2, 0) is 0 Å². The summed E-state index contributed by atoms with van der Waals surface area (Å²) in [5.41, 5.74) is 0.267. The molecule has 0 amide bonds. The molecule has 1 N–H and O–H groups in total. The van der Waals surface area contributed by atoms with Gasteiger partial charge in [-0.2, -0.15) is 0 Å². The molecular weight excluding hydrogens is 234 g/mol. The summed E-state index contributed by atoms with van der Waals surface area (Å²) in [6.45, 7) is 14.1. The zero-order chi connectivity index (χ0) is 14.5. The molecule has 3 nitrogen and oxygen atoms in total. The smallest absolute Gasteiger partial charge is 0.0189 e. The van der Waals surface area contributed by atoms with Gasteiger partial charge in [-0.15, -0.1) is 0 Å². The van der Waals surface area contributed by atoms with E-state index >= 15 is 0 Å². The summed E-state index contributed by atoms with van der Waals surface area (Å²) in [5.74, 6) is 0.892. The standard InChI is InChI=1S/C16H35N3/c1-7-16(3,4)17-12-14(2)19(6)13-15-8-10-18(5)11-9-15/h14-15,17H,7-13H2,1-6H3. The van der Waals surface area contributed by atoms with Crippen molar-refractivity contribution in [2.75, 3.05) is 40.3 Å². The lowest BCUT2D eigenvalue weighted by Gasteiger charge is -2.35. The van der Waals surface area contributed by atoms with Crippen molar-refractivity contribution in [3.63, 3.8) is 0 Å². The molecule has 1 aliphatic rings. The van der Waals surface area contributed by atoms with Crippen molar-refractivity contribution < 1.29 is 0 Å². The Morgan fingerprint density at radius 1 is 1.32 bits per heavy atom. The average molecular weight is 269 g/mol. The van der Waals surface area contributed by atoms with Gasteiger partial charge in [-0.25, -0.2) is 0 Å². The first-order chi connectivity index (χ1) is 8.84. The zero-order valence-electron chi connectivity index (χ0n) is 14.0. The van der Waals surface area contributed by atoms with Crippen molar-refractivity contribution in [2.45, 2.75) is 58.5 Å². The van der Waals surface area contributed by atoms with Crippen LogP contribution in [0, 0.1) is 5.92 Å². The first-order valence-electron chi connectivity index (χ1n) is 7.98. The Kier molecular flexibility index (Phi) is 6.78. The van der Waals surface area contributed by atoms with E-state index in [1.165, 1.54) is 38.9 Å². The summed E-state index contributed by atoms with van der Waals surface area (Å²) < 4.78 is 0. The third-order valence-corrected chi connectivity index (χ3v) is 4.90. The van der Waals surface area contributed by atoms with E-state index in [-0.39, 0.29) is 5.54 Å². The normalized spacial score (nSPS) is 21.0. The summed E-state index contributed by atoms with van der Waals surface area (Å²) in [6, 6.07) is 0.616. The topological polar surface area (TPSA) is 18.5 Å². The van der Waals surface area contributed by atoms with E-state index in [4.69, 9.17) is 0 Å². The maximum Gasteiger partial charge on any atom is 0.0189 e. The molecule has 0 aromatic heterocycles. The molecule has 19 heavy (non-hydrogen) atoms. The molecule has 0 saturated carbocycles. The van der Waals surface area contributed by atoms with E-state index in [0.717, 1.165) is 12.5 Å². The largest absolute Gasteiger partial charge is 0.310 e. The predicted molar refractivity (Wildman–Crippen MR) is 84.7 cm³/mol. The van der Waals surface area contributed by atoms with Crippen LogP contribution < -0.4 is 5.32 Å². The highest BCUT2D eigenvalue weighted by Crippen LogP contribution is 2.17. The lowest BCUT2D eigenvalue weighted by atomic mass is 9.96. The van der Waals surface area contributed by atoms with Gasteiger partial charge < -0.3 is 15.1 Å². The molecule has 1 atom stereocenters. The number of nitrogens with zero attached hydrogens (tertiary/aromatic N) is 2. The molecule has 1 aliphatic heterocycles. The first kappa shape index (κ1) is 16.9. The van der Waals surface area contributed by atoms with Gasteiger partial charge in [0.15, 0.2) is 0 Å². The van der Waals surface area contributed by atoms with Crippen LogP contribution in [0.15, 0.2) is 0 Å². The molecule has 0 bridgehead atoms. The second-order valence-electron chi connectivity index (χ2n) is 7.15. The fourth-order valence-electron chi connectivity index (χ4n) is 2.54. The van der Waals surface area contributed by atoms with E-state index in [0.29, 0.717) is 6.04 Å². The molecule has 0 aromatic rings. The van der Waals surface area contributed by atoms with Gasteiger partial charge in [0, 0.05) is 24.7 Å².